The molecule has 0 unspecified atom stereocenters. The van der Waals surface area contributed by atoms with Gasteiger partial charge in [-0.2, -0.15) is 0 Å². The Morgan fingerprint density at radius 1 is 1.31 bits per heavy atom. The Labute approximate surface area is 83.0 Å². The third kappa shape index (κ3) is 1.67. The first-order valence-electron chi connectivity index (χ1n) is 4.28. The molecule has 1 aromatic rings. The lowest BCUT2D eigenvalue weighted by Crippen LogP contribution is -2.03. The molecule has 0 radical (unpaired) electrons. The molecule has 1 aromatic carbocycles. The van der Waals surface area contributed by atoms with Gasteiger partial charge in [0.05, 0.1) is 7.11 Å². The van der Waals surface area contributed by atoms with Crippen molar-refractivity contribution in [2.75, 3.05) is 13.4 Å². The molecule has 1 aliphatic heterocycles. The van der Waals surface area contributed by atoms with Gasteiger partial charge in [0.15, 0.2) is 0 Å². The van der Waals surface area contributed by atoms with E-state index in [4.69, 9.17) is 4.74 Å². The highest BCUT2D eigenvalue weighted by molar-refractivity contribution is 7.96. The summed E-state index contributed by atoms with van der Waals surface area (Å²) < 4.78 is 7.52. The summed E-state index contributed by atoms with van der Waals surface area (Å²) in [6, 6.07) is 6.32. The van der Waals surface area contributed by atoms with Crippen LogP contribution in [-0.4, -0.2) is 17.7 Å². The molecule has 0 amide bonds. The number of ether oxygens (including phenoxy) is 1. The van der Waals surface area contributed by atoms with Gasteiger partial charge in [0.25, 0.3) is 0 Å². The Balaban J connectivity index is 2.25. The Bertz CT molecular complexity index is 314. The minimum atomic E-state index is 0.960. The molecular weight excluding hydrogens is 182 g/mol. The summed E-state index contributed by atoms with van der Waals surface area (Å²) in [6.45, 7) is 2.09. The van der Waals surface area contributed by atoms with E-state index in [1.54, 1.807) is 19.1 Å². The molecule has 0 saturated heterocycles. The van der Waals surface area contributed by atoms with Gasteiger partial charge in [-0.25, -0.2) is 4.31 Å². The van der Waals surface area contributed by atoms with Gasteiger partial charge in [0.1, 0.15) is 5.75 Å². The van der Waals surface area contributed by atoms with Crippen LogP contribution < -0.4 is 4.74 Å². The Morgan fingerprint density at radius 3 is 2.77 bits per heavy atom. The van der Waals surface area contributed by atoms with E-state index in [2.05, 4.69) is 22.7 Å². The van der Waals surface area contributed by atoms with E-state index in [9.17, 15) is 0 Å². The van der Waals surface area contributed by atoms with E-state index in [-0.39, 0.29) is 0 Å². The van der Waals surface area contributed by atoms with Crippen LogP contribution in [0, 0.1) is 0 Å². The first kappa shape index (κ1) is 8.91. The van der Waals surface area contributed by atoms with E-state index in [1.165, 1.54) is 11.1 Å². The van der Waals surface area contributed by atoms with Gasteiger partial charge in [0, 0.05) is 13.1 Å². The fourth-order valence-corrected chi connectivity index (χ4v) is 2.13. The van der Waals surface area contributed by atoms with Gasteiger partial charge in [-0.1, -0.05) is 18.0 Å². The number of hydrogen-bond acceptors (Lipinski definition) is 3. The molecule has 13 heavy (non-hydrogen) atoms. The van der Waals surface area contributed by atoms with E-state index < -0.39 is 0 Å². The zero-order valence-corrected chi connectivity index (χ0v) is 8.73. The van der Waals surface area contributed by atoms with Crippen molar-refractivity contribution in [3.63, 3.8) is 0 Å². The first-order valence-corrected chi connectivity index (χ1v) is 5.46. The molecule has 0 spiro atoms. The maximum absolute atomic E-state index is 5.18. The predicted octanol–water partition coefficient (Wildman–Crippen LogP) is 2.29. The van der Waals surface area contributed by atoms with Gasteiger partial charge in [-0.15, -0.1) is 0 Å². The summed E-state index contributed by atoms with van der Waals surface area (Å²) in [7, 11) is 1.71. The van der Waals surface area contributed by atoms with Crippen molar-refractivity contribution in [1.29, 1.82) is 0 Å². The standard InChI is InChI=1S/C10H13NOS/c1-12-10-4-3-8-6-11(13-2)7-9(8)5-10/h3-5H,6-7H2,1-2H3. The van der Waals surface area contributed by atoms with Crippen LogP contribution in [0.25, 0.3) is 0 Å². The highest BCUT2D eigenvalue weighted by Gasteiger charge is 2.17. The van der Waals surface area contributed by atoms with Crippen LogP contribution in [0.1, 0.15) is 11.1 Å². The lowest BCUT2D eigenvalue weighted by atomic mass is 10.1. The van der Waals surface area contributed by atoms with Crippen molar-refractivity contribution in [1.82, 2.24) is 4.31 Å². The van der Waals surface area contributed by atoms with Crippen molar-refractivity contribution in [3.05, 3.63) is 29.3 Å². The number of rotatable bonds is 2. The molecular formula is C10H13NOS. The summed E-state index contributed by atoms with van der Waals surface area (Å²) in [5.41, 5.74) is 2.82. The highest BCUT2D eigenvalue weighted by Crippen LogP contribution is 2.29. The first-order chi connectivity index (χ1) is 6.33. The van der Waals surface area contributed by atoms with Crippen LogP contribution in [0.5, 0.6) is 5.75 Å². The number of fused-ring (bicyclic) bond motifs is 1. The predicted molar refractivity (Wildman–Crippen MR) is 55.8 cm³/mol. The van der Waals surface area contributed by atoms with Crippen LogP contribution in [0.2, 0.25) is 0 Å². The molecule has 0 saturated carbocycles. The summed E-state index contributed by atoms with van der Waals surface area (Å²) in [4.78, 5) is 0. The van der Waals surface area contributed by atoms with Crippen LogP contribution in [0.3, 0.4) is 0 Å². The highest BCUT2D eigenvalue weighted by atomic mass is 32.2. The largest absolute Gasteiger partial charge is 0.497 e. The maximum atomic E-state index is 5.18. The molecule has 0 aliphatic carbocycles. The van der Waals surface area contributed by atoms with Crippen LogP contribution in [0.4, 0.5) is 0 Å². The number of hydrogen-bond donors (Lipinski definition) is 0. The zero-order valence-electron chi connectivity index (χ0n) is 7.91. The van der Waals surface area contributed by atoms with Gasteiger partial charge in [-0.05, 0) is 29.5 Å². The minimum absolute atomic E-state index is 0.960. The second-order valence-electron chi connectivity index (χ2n) is 3.12. The second-order valence-corrected chi connectivity index (χ2v) is 4.00. The monoisotopic (exact) mass is 195 g/mol. The molecule has 70 valence electrons. The summed E-state index contributed by atoms with van der Waals surface area (Å²) in [5, 5.41) is 0. The van der Waals surface area contributed by atoms with Gasteiger partial charge in [-0.3, -0.25) is 0 Å². The van der Waals surface area contributed by atoms with Crippen molar-refractivity contribution in [2.24, 2.45) is 0 Å². The molecule has 2 nitrogen and oxygen atoms in total. The molecule has 0 N–H and O–H groups in total. The molecule has 0 atom stereocenters. The maximum Gasteiger partial charge on any atom is 0.119 e. The van der Waals surface area contributed by atoms with E-state index in [0.717, 1.165) is 18.8 Å². The van der Waals surface area contributed by atoms with Gasteiger partial charge >= 0.3 is 0 Å². The van der Waals surface area contributed by atoms with E-state index in [0.29, 0.717) is 0 Å². The topological polar surface area (TPSA) is 12.5 Å². The quantitative estimate of drug-likeness (QED) is 0.672. The fraction of sp³-hybridized carbons (Fsp3) is 0.400. The number of methoxy groups -OCH3 is 1. The van der Waals surface area contributed by atoms with Crippen molar-refractivity contribution < 1.29 is 4.74 Å². The second kappa shape index (κ2) is 3.60. The zero-order chi connectivity index (χ0) is 9.26. The molecule has 0 fully saturated rings. The number of nitrogens with zero attached hydrogens (tertiary/aromatic N) is 1. The third-order valence-corrected chi connectivity index (χ3v) is 3.14. The van der Waals surface area contributed by atoms with Gasteiger partial charge < -0.3 is 4.74 Å². The van der Waals surface area contributed by atoms with E-state index >= 15 is 0 Å². The lowest BCUT2D eigenvalue weighted by Gasteiger charge is -2.07. The smallest absolute Gasteiger partial charge is 0.119 e. The Hall–Kier alpha value is -0.670. The summed E-state index contributed by atoms with van der Waals surface area (Å²) >= 11 is 1.79. The molecule has 3 heteroatoms. The minimum Gasteiger partial charge on any atom is -0.497 e. The lowest BCUT2D eigenvalue weighted by molar-refractivity contribution is 0.414. The third-order valence-electron chi connectivity index (χ3n) is 2.37. The Morgan fingerprint density at radius 2 is 2.08 bits per heavy atom. The van der Waals surface area contributed by atoms with Crippen molar-refractivity contribution >= 4 is 11.9 Å². The normalized spacial score (nSPS) is 15.8. The number of benzene rings is 1. The fourth-order valence-electron chi connectivity index (χ4n) is 1.60. The molecule has 1 heterocycles. The molecule has 1 aliphatic rings. The molecule has 2 rings (SSSR count). The van der Waals surface area contributed by atoms with Crippen molar-refractivity contribution in [3.8, 4) is 5.75 Å². The summed E-state index contributed by atoms with van der Waals surface area (Å²) in [5.74, 6) is 0.960. The average molecular weight is 195 g/mol. The molecule has 0 aromatic heterocycles. The molecule has 0 bridgehead atoms. The van der Waals surface area contributed by atoms with Crippen molar-refractivity contribution in [2.45, 2.75) is 13.1 Å². The Kier molecular flexibility index (Phi) is 2.47. The van der Waals surface area contributed by atoms with Crippen LogP contribution in [-0.2, 0) is 13.1 Å². The summed E-state index contributed by atoms with van der Waals surface area (Å²) in [6.07, 6.45) is 2.11. The average Bonchev–Trinajstić information content (AvgIpc) is 2.58. The van der Waals surface area contributed by atoms with E-state index in [1.807, 2.05) is 6.07 Å². The van der Waals surface area contributed by atoms with Crippen LogP contribution in [0.15, 0.2) is 18.2 Å². The SMILES string of the molecule is COc1ccc2c(c1)CN(SC)C2. The van der Waals surface area contributed by atoms with Gasteiger partial charge in [0.2, 0.25) is 0 Å². The van der Waals surface area contributed by atoms with Crippen LogP contribution >= 0.6 is 11.9 Å².